The zero-order chi connectivity index (χ0) is 31.1. The average Bonchev–Trinajstić information content (AvgIpc) is 2.97. The minimum absolute atomic E-state index is 0.0180. The first-order valence-corrected chi connectivity index (χ1v) is 13.8. The van der Waals surface area contributed by atoms with E-state index in [4.69, 9.17) is 32.7 Å². The Morgan fingerprint density at radius 3 is 1.53 bits per heavy atom. The molecule has 6 rings (SSSR count). The van der Waals surface area contributed by atoms with Crippen LogP contribution in [0.5, 0.6) is 34.5 Å². The third-order valence-electron chi connectivity index (χ3n) is 8.15. The van der Waals surface area contributed by atoms with Crippen LogP contribution in [-0.4, -0.2) is 51.3 Å². The zero-order valence-electron chi connectivity index (χ0n) is 23.0. The second kappa shape index (κ2) is 10.1. The summed E-state index contributed by atoms with van der Waals surface area (Å²) in [6, 6.07) is 8.36. The van der Waals surface area contributed by atoms with Gasteiger partial charge in [-0.3, -0.25) is 9.59 Å². The minimum Gasteiger partial charge on any atom is -0.507 e. The molecule has 2 unspecified atom stereocenters. The number of fused-ring (bicyclic) bond motifs is 4. The standard InChI is InChI=1S/C32H24Cl2O9/c1-11-4-13-21(19(5-11)42-2)31(40)25-15(36)8-17(38)29(33)27(25)23(13)24-14-6-12(10-35)7-20(43-3)22(14)32(41)26-16(37)9-18(39)30(34)28(24)26/h4-9,23-24,35-39H,10H2,1-3H3. The predicted octanol–water partition coefficient (Wildman–Crippen LogP) is 5.69. The summed E-state index contributed by atoms with van der Waals surface area (Å²) in [5.41, 5.74) is 1.50. The lowest BCUT2D eigenvalue weighted by Crippen LogP contribution is -2.31. The van der Waals surface area contributed by atoms with E-state index in [1.807, 2.05) is 0 Å². The van der Waals surface area contributed by atoms with Gasteiger partial charge in [-0.1, -0.05) is 35.3 Å². The first-order valence-electron chi connectivity index (χ1n) is 13.0. The molecule has 43 heavy (non-hydrogen) atoms. The lowest BCUT2D eigenvalue weighted by atomic mass is 9.63. The van der Waals surface area contributed by atoms with Crippen LogP contribution in [0.2, 0.25) is 10.0 Å². The van der Waals surface area contributed by atoms with Gasteiger partial charge < -0.3 is 35.0 Å². The maximum atomic E-state index is 14.0. The molecule has 0 saturated carbocycles. The Kier molecular flexibility index (Phi) is 6.72. The number of halogens is 2. The number of carbonyl (C=O) groups is 2. The van der Waals surface area contributed by atoms with E-state index in [2.05, 4.69) is 0 Å². The van der Waals surface area contributed by atoms with E-state index < -0.39 is 53.0 Å². The molecule has 0 fully saturated rings. The fraction of sp³-hybridized carbons (Fsp3) is 0.188. The number of ketones is 2. The number of aliphatic hydroxyl groups is 1. The maximum Gasteiger partial charge on any atom is 0.201 e. The second-order valence-electron chi connectivity index (χ2n) is 10.5. The number of phenolic OH excluding ortho intramolecular Hbond substituents is 4. The Morgan fingerprint density at radius 2 is 1.09 bits per heavy atom. The number of carbonyl (C=O) groups excluding carboxylic acids is 2. The lowest BCUT2D eigenvalue weighted by molar-refractivity contribution is 0.101. The molecule has 2 aliphatic rings. The highest BCUT2D eigenvalue weighted by Crippen LogP contribution is 2.60. The normalized spacial score (nSPS) is 16.7. The molecular formula is C32H24Cl2O9. The number of phenols is 4. The fourth-order valence-electron chi connectivity index (χ4n) is 6.48. The van der Waals surface area contributed by atoms with Gasteiger partial charge in [-0.05, 0) is 52.4 Å². The number of aliphatic hydroxyl groups excluding tert-OH is 1. The van der Waals surface area contributed by atoms with Gasteiger partial charge in [0.25, 0.3) is 0 Å². The van der Waals surface area contributed by atoms with E-state index in [0.717, 1.165) is 12.1 Å². The van der Waals surface area contributed by atoms with Gasteiger partial charge in [-0.2, -0.15) is 0 Å². The van der Waals surface area contributed by atoms with Crippen LogP contribution >= 0.6 is 23.2 Å². The van der Waals surface area contributed by atoms with Crippen LogP contribution in [0.3, 0.4) is 0 Å². The number of hydrogen-bond acceptors (Lipinski definition) is 9. The van der Waals surface area contributed by atoms with Crippen LogP contribution in [0.15, 0.2) is 36.4 Å². The maximum absolute atomic E-state index is 14.0. The summed E-state index contributed by atoms with van der Waals surface area (Å²) in [4.78, 5) is 28.1. The SMILES string of the molecule is COc1cc(C)cc2c1C(=O)c1c(O)cc(O)c(Cl)c1C2C1c2cc(CO)cc(OC)c2C(=O)c2c(O)cc(O)c(Cl)c21. The van der Waals surface area contributed by atoms with Gasteiger partial charge in [0.15, 0.2) is 0 Å². The Bertz CT molecular complexity index is 1910. The van der Waals surface area contributed by atoms with Crippen molar-refractivity contribution >= 4 is 34.8 Å². The zero-order valence-corrected chi connectivity index (χ0v) is 24.5. The van der Waals surface area contributed by atoms with Crippen molar-refractivity contribution in [1.82, 2.24) is 0 Å². The van der Waals surface area contributed by atoms with Crippen molar-refractivity contribution in [2.75, 3.05) is 14.2 Å². The molecule has 0 aromatic heterocycles. The summed E-state index contributed by atoms with van der Waals surface area (Å²) >= 11 is 13.5. The number of ether oxygens (including phenoxy) is 2. The lowest BCUT2D eigenvalue weighted by Gasteiger charge is -2.39. The van der Waals surface area contributed by atoms with E-state index in [1.54, 1.807) is 25.1 Å². The van der Waals surface area contributed by atoms with Crippen LogP contribution in [0, 0.1) is 6.92 Å². The topological polar surface area (TPSA) is 154 Å². The molecule has 4 aromatic rings. The smallest absolute Gasteiger partial charge is 0.201 e. The van der Waals surface area contributed by atoms with Crippen molar-refractivity contribution in [3.8, 4) is 34.5 Å². The average molecular weight is 623 g/mol. The van der Waals surface area contributed by atoms with Crippen LogP contribution in [-0.2, 0) is 6.61 Å². The van der Waals surface area contributed by atoms with Gasteiger partial charge in [0.2, 0.25) is 11.6 Å². The summed E-state index contributed by atoms with van der Waals surface area (Å²) in [6.45, 7) is 1.35. The van der Waals surface area contributed by atoms with Crippen LogP contribution < -0.4 is 9.47 Å². The highest BCUT2D eigenvalue weighted by atomic mass is 35.5. The molecular weight excluding hydrogens is 599 g/mol. The highest BCUT2D eigenvalue weighted by molar-refractivity contribution is 6.35. The second-order valence-corrected chi connectivity index (χ2v) is 11.3. The molecule has 2 atom stereocenters. The van der Waals surface area contributed by atoms with Gasteiger partial charge in [0.1, 0.15) is 34.5 Å². The Hall–Kier alpha value is -4.44. The number of benzene rings is 4. The predicted molar refractivity (Wildman–Crippen MR) is 157 cm³/mol. The van der Waals surface area contributed by atoms with Gasteiger partial charge in [0, 0.05) is 24.0 Å². The van der Waals surface area contributed by atoms with Gasteiger partial charge >= 0.3 is 0 Å². The first kappa shape index (κ1) is 28.7. The molecule has 0 amide bonds. The van der Waals surface area contributed by atoms with Crippen molar-refractivity contribution in [1.29, 1.82) is 0 Å². The van der Waals surface area contributed by atoms with Crippen LogP contribution in [0.1, 0.15) is 77.1 Å². The van der Waals surface area contributed by atoms with Crippen molar-refractivity contribution in [2.45, 2.75) is 25.4 Å². The Labute approximate surface area is 255 Å². The van der Waals surface area contributed by atoms with Crippen molar-refractivity contribution < 1.29 is 44.6 Å². The Morgan fingerprint density at radius 1 is 0.651 bits per heavy atom. The quantitative estimate of drug-likeness (QED) is 0.193. The number of aromatic hydroxyl groups is 4. The summed E-state index contributed by atoms with van der Waals surface area (Å²) in [7, 11) is 2.75. The summed E-state index contributed by atoms with van der Waals surface area (Å²) < 4.78 is 11.2. The van der Waals surface area contributed by atoms with Gasteiger partial charge in [0.05, 0.1) is 53.1 Å². The molecule has 0 aliphatic heterocycles. The summed E-state index contributed by atoms with van der Waals surface area (Å²) in [5.74, 6) is -5.22. The molecule has 0 saturated heterocycles. The van der Waals surface area contributed by atoms with Crippen LogP contribution in [0.4, 0.5) is 0 Å². The molecule has 5 N–H and O–H groups in total. The first-order chi connectivity index (χ1) is 20.4. The monoisotopic (exact) mass is 622 g/mol. The molecule has 2 aliphatic carbocycles. The summed E-state index contributed by atoms with van der Waals surface area (Å²) in [5, 5.41) is 53.3. The minimum atomic E-state index is -1.09. The molecule has 11 heteroatoms. The van der Waals surface area contributed by atoms with E-state index in [9.17, 15) is 35.1 Å². The number of methoxy groups -OCH3 is 2. The van der Waals surface area contributed by atoms with Gasteiger partial charge in [-0.15, -0.1) is 0 Å². The van der Waals surface area contributed by atoms with E-state index >= 15 is 0 Å². The molecule has 4 aromatic carbocycles. The number of aryl methyl sites for hydroxylation is 1. The number of rotatable bonds is 4. The third kappa shape index (κ3) is 3.96. The van der Waals surface area contributed by atoms with Gasteiger partial charge in [-0.25, -0.2) is 0 Å². The van der Waals surface area contributed by atoms with E-state index in [0.29, 0.717) is 16.7 Å². The molecule has 220 valence electrons. The molecule has 0 spiro atoms. The third-order valence-corrected chi connectivity index (χ3v) is 8.94. The van der Waals surface area contributed by atoms with Crippen LogP contribution in [0.25, 0.3) is 0 Å². The fourth-order valence-corrected chi connectivity index (χ4v) is 7.02. The largest absolute Gasteiger partial charge is 0.507 e. The molecule has 0 heterocycles. The van der Waals surface area contributed by atoms with Crippen molar-refractivity contribution in [3.63, 3.8) is 0 Å². The van der Waals surface area contributed by atoms with E-state index in [-0.39, 0.29) is 60.5 Å². The molecule has 0 radical (unpaired) electrons. The summed E-state index contributed by atoms with van der Waals surface area (Å²) in [6.07, 6.45) is 0. The number of hydrogen-bond donors (Lipinski definition) is 5. The van der Waals surface area contributed by atoms with E-state index in [1.165, 1.54) is 20.3 Å². The Balaban J connectivity index is 1.86. The molecule has 9 nitrogen and oxygen atoms in total. The van der Waals surface area contributed by atoms with Crippen molar-refractivity contribution in [2.24, 2.45) is 0 Å². The highest BCUT2D eigenvalue weighted by Gasteiger charge is 2.48. The van der Waals surface area contributed by atoms with Crippen molar-refractivity contribution in [3.05, 3.63) is 102 Å². The molecule has 0 bridgehead atoms.